The van der Waals surface area contributed by atoms with Crippen molar-refractivity contribution in [3.8, 4) is 0 Å². The molecule has 0 radical (unpaired) electrons. The lowest BCUT2D eigenvalue weighted by atomic mass is 10.2. The Kier molecular flexibility index (Phi) is 5.32. The maximum atomic E-state index is 12.2. The van der Waals surface area contributed by atoms with Crippen LogP contribution < -0.4 is 26.0 Å². The zero-order valence-corrected chi connectivity index (χ0v) is 15.4. The second-order valence-electron chi connectivity index (χ2n) is 6.37. The first-order valence-corrected chi connectivity index (χ1v) is 8.65. The third kappa shape index (κ3) is 4.08. The number of urea groups is 1. The second kappa shape index (κ2) is 7.65. The first-order valence-electron chi connectivity index (χ1n) is 8.27. The van der Waals surface area contributed by atoms with E-state index in [1.807, 2.05) is 48.2 Å². The van der Waals surface area contributed by atoms with Crippen LogP contribution in [0.15, 0.2) is 35.3 Å². The number of rotatable bonds is 4. The van der Waals surface area contributed by atoms with Crippen molar-refractivity contribution in [1.82, 2.24) is 15.5 Å². The number of aromatic amines is 1. The van der Waals surface area contributed by atoms with E-state index >= 15 is 0 Å². The van der Waals surface area contributed by atoms with Crippen molar-refractivity contribution in [1.29, 1.82) is 0 Å². The maximum Gasteiger partial charge on any atom is 0.319 e. The normalized spacial score (nSPS) is 16.4. The SMILES string of the molecule is CN(C)c1ccc(NC(=O)NC2CCN(c3cn[nH]c(=O)c3Cl)C2)cc1. The number of carbonyl (C=O) groups excluding carboxylic acids is 1. The van der Waals surface area contributed by atoms with Crippen molar-refractivity contribution in [3.05, 3.63) is 45.8 Å². The molecule has 26 heavy (non-hydrogen) atoms. The van der Waals surface area contributed by atoms with Gasteiger partial charge in [-0.3, -0.25) is 4.79 Å². The molecule has 0 saturated carbocycles. The zero-order valence-electron chi connectivity index (χ0n) is 14.6. The fourth-order valence-corrected chi connectivity index (χ4v) is 3.10. The summed E-state index contributed by atoms with van der Waals surface area (Å²) >= 11 is 6.04. The molecule has 0 spiro atoms. The highest BCUT2D eigenvalue weighted by molar-refractivity contribution is 6.33. The number of nitrogens with one attached hydrogen (secondary N) is 3. The third-order valence-corrected chi connectivity index (χ3v) is 4.65. The summed E-state index contributed by atoms with van der Waals surface area (Å²) in [4.78, 5) is 27.7. The van der Waals surface area contributed by atoms with Crippen LogP contribution in [0.1, 0.15) is 6.42 Å². The predicted molar refractivity (Wildman–Crippen MR) is 103 cm³/mol. The third-order valence-electron chi connectivity index (χ3n) is 4.28. The summed E-state index contributed by atoms with van der Waals surface area (Å²) in [6.07, 6.45) is 2.29. The topological polar surface area (TPSA) is 93.4 Å². The number of nitrogens with zero attached hydrogens (tertiary/aromatic N) is 3. The molecule has 2 amide bonds. The number of amides is 2. The molecule has 2 heterocycles. The van der Waals surface area contributed by atoms with Crippen molar-refractivity contribution in [2.24, 2.45) is 0 Å². The number of hydrogen-bond acceptors (Lipinski definition) is 5. The minimum atomic E-state index is -0.417. The molecule has 1 aliphatic rings. The summed E-state index contributed by atoms with van der Waals surface area (Å²) in [5.74, 6) is 0. The van der Waals surface area contributed by atoms with Gasteiger partial charge >= 0.3 is 6.03 Å². The molecule has 9 heteroatoms. The first kappa shape index (κ1) is 18.1. The molecule has 3 rings (SSSR count). The van der Waals surface area contributed by atoms with Gasteiger partial charge in [0.1, 0.15) is 5.02 Å². The molecule has 3 N–H and O–H groups in total. The lowest BCUT2D eigenvalue weighted by Gasteiger charge is -2.19. The smallest absolute Gasteiger partial charge is 0.319 e. The summed E-state index contributed by atoms with van der Waals surface area (Å²) in [6.45, 7) is 1.26. The molecule has 1 saturated heterocycles. The Balaban J connectivity index is 1.56. The summed E-state index contributed by atoms with van der Waals surface area (Å²) in [6, 6.07) is 7.30. The minimum absolute atomic E-state index is 0.0357. The fraction of sp³-hybridized carbons (Fsp3) is 0.353. The quantitative estimate of drug-likeness (QED) is 0.757. The van der Waals surface area contributed by atoms with Gasteiger partial charge in [0.15, 0.2) is 0 Å². The molecule has 8 nitrogen and oxygen atoms in total. The number of halogens is 1. The highest BCUT2D eigenvalue weighted by Gasteiger charge is 2.26. The van der Waals surface area contributed by atoms with E-state index in [0.29, 0.717) is 18.8 Å². The highest BCUT2D eigenvalue weighted by Crippen LogP contribution is 2.24. The number of carbonyl (C=O) groups is 1. The van der Waals surface area contributed by atoms with Crippen molar-refractivity contribution < 1.29 is 4.79 Å². The molecule has 138 valence electrons. The largest absolute Gasteiger partial charge is 0.378 e. The van der Waals surface area contributed by atoms with Gasteiger partial charge in [-0.05, 0) is 30.7 Å². The Bertz CT molecular complexity index is 836. The number of anilines is 3. The Hall–Kier alpha value is -2.74. The summed E-state index contributed by atoms with van der Waals surface area (Å²) in [7, 11) is 3.92. The van der Waals surface area contributed by atoms with Crippen molar-refractivity contribution in [3.63, 3.8) is 0 Å². The lowest BCUT2D eigenvalue weighted by Crippen LogP contribution is -2.39. The van der Waals surface area contributed by atoms with Crippen LogP contribution in [0.3, 0.4) is 0 Å². The monoisotopic (exact) mass is 376 g/mol. The minimum Gasteiger partial charge on any atom is -0.378 e. The maximum absolute atomic E-state index is 12.2. The second-order valence-corrected chi connectivity index (χ2v) is 6.75. The van der Waals surface area contributed by atoms with Crippen molar-refractivity contribution in [2.75, 3.05) is 42.3 Å². The molecule has 1 unspecified atom stereocenters. The average molecular weight is 377 g/mol. The number of H-pyrrole nitrogens is 1. The van der Waals surface area contributed by atoms with Crippen molar-refractivity contribution >= 4 is 34.7 Å². The van der Waals surface area contributed by atoms with Crippen LogP contribution in [0, 0.1) is 0 Å². The summed E-state index contributed by atoms with van der Waals surface area (Å²) in [5.41, 5.74) is 1.95. The Labute approximate surface area is 156 Å². The molecule has 1 aromatic carbocycles. The van der Waals surface area contributed by atoms with E-state index in [0.717, 1.165) is 17.8 Å². The molecule has 1 aromatic heterocycles. The van der Waals surface area contributed by atoms with Crippen LogP contribution in [0.2, 0.25) is 5.02 Å². The van der Waals surface area contributed by atoms with Gasteiger partial charge in [-0.2, -0.15) is 5.10 Å². The van der Waals surface area contributed by atoms with Crippen molar-refractivity contribution in [2.45, 2.75) is 12.5 Å². The van der Waals surface area contributed by atoms with E-state index in [4.69, 9.17) is 11.6 Å². The van der Waals surface area contributed by atoms with Gasteiger partial charge in [-0.15, -0.1) is 0 Å². The Morgan fingerprint density at radius 2 is 2.08 bits per heavy atom. The molecule has 1 aliphatic heterocycles. The van der Waals surface area contributed by atoms with Gasteiger partial charge in [0.05, 0.1) is 11.9 Å². The van der Waals surface area contributed by atoms with Crippen LogP contribution in [-0.2, 0) is 0 Å². The van der Waals surface area contributed by atoms with E-state index in [9.17, 15) is 9.59 Å². The Morgan fingerprint density at radius 1 is 1.35 bits per heavy atom. The molecular weight excluding hydrogens is 356 g/mol. The number of hydrogen-bond donors (Lipinski definition) is 3. The van der Waals surface area contributed by atoms with E-state index in [2.05, 4.69) is 20.8 Å². The Morgan fingerprint density at radius 3 is 2.77 bits per heavy atom. The van der Waals surface area contributed by atoms with Crippen LogP contribution in [0.4, 0.5) is 21.9 Å². The van der Waals surface area contributed by atoms with Gasteiger partial charge in [0, 0.05) is 44.6 Å². The van der Waals surface area contributed by atoms with E-state index in [1.165, 1.54) is 6.20 Å². The number of benzene rings is 1. The molecule has 0 aliphatic carbocycles. The molecule has 1 atom stereocenters. The molecular formula is C17H21ClN6O2. The van der Waals surface area contributed by atoms with Gasteiger partial charge in [0.2, 0.25) is 0 Å². The summed E-state index contributed by atoms with van der Waals surface area (Å²) < 4.78 is 0. The fourth-order valence-electron chi connectivity index (χ4n) is 2.89. The zero-order chi connectivity index (χ0) is 18.7. The van der Waals surface area contributed by atoms with Gasteiger partial charge in [0.25, 0.3) is 5.56 Å². The number of aromatic nitrogens is 2. The van der Waals surface area contributed by atoms with Crippen LogP contribution in [-0.4, -0.2) is 49.5 Å². The standard InChI is InChI=1S/C17H21ClN6O2/c1-23(2)13-5-3-11(4-6-13)20-17(26)21-12-7-8-24(10-12)14-9-19-22-16(25)15(14)18/h3-6,9,12H,7-8,10H2,1-2H3,(H,22,25)(H2,20,21,26). The van der Waals surface area contributed by atoms with E-state index in [-0.39, 0.29) is 17.1 Å². The predicted octanol–water partition coefficient (Wildman–Crippen LogP) is 1.89. The van der Waals surface area contributed by atoms with Crippen LogP contribution in [0.25, 0.3) is 0 Å². The summed E-state index contributed by atoms with van der Waals surface area (Å²) in [5, 5.41) is 12.0. The molecule has 0 bridgehead atoms. The van der Waals surface area contributed by atoms with Crippen LogP contribution in [0.5, 0.6) is 0 Å². The highest BCUT2D eigenvalue weighted by atomic mass is 35.5. The lowest BCUT2D eigenvalue weighted by molar-refractivity contribution is 0.249. The first-order chi connectivity index (χ1) is 12.4. The molecule has 1 fully saturated rings. The van der Waals surface area contributed by atoms with Gasteiger partial charge in [-0.1, -0.05) is 11.6 Å². The average Bonchev–Trinajstić information content (AvgIpc) is 3.05. The van der Waals surface area contributed by atoms with Crippen LogP contribution >= 0.6 is 11.6 Å². The molecule has 2 aromatic rings. The van der Waals surface area contributed by atoms with Gasteiger partial charge < -0.3 is 20.4 Å². The van der Waals surface area contributed by atoms with Gasteiger partial charge in [-0.25, -0.2) is 9.89 Å². The van der Waals surface area contributed by atoms with E-state index < -0.39 is 5.56 Å². The van der Waals surface area contributed by atoms with E-state index in [1.54, 1.807) is 0 Å².